The topological polar surface area (TPSA) is 50.9 Å². The summed E-state index contributed by atoms with van der Waals surface area (Å²) in [5, 5.41) is 0. The molecule has 1 spiro atoms. The van der Waals surface area contributed by atoms with Crippen LogP contribution in [0.1, 0.15) is 39.0 Å². The Morgan fingerprint density at radius 2 is 2.38 bits per heavy atom. The lowest BCUT2D eigenvalue weighted by molar-refractivity contribution is -0.0500. The van der Waals surface area contributed by atoms with Crippen molar-refractivity contribution in [3.05, 3.63) is 0 Å². The van der Waals surface area contributed by atoms with Gasteiger partial charge in [0.25, 0.3) is 0 Å². The molecule has 2 heterocycles. The molecular formula is C12H21N3O. The molecule has 0 aromatic rings. The van der Waals surface area contributed by atoms with Gasteiger partial charge in [0.2, 0.25) is 0 Å². The zero-order chi connectivity index (χ0) is 11.2. The average molecular weight is 223 g/mol. The van der Waals surface area contributed by atoms with Crippen LogP contribution in [0.3, 0.4) is 0 Å². The minimum atomic E-state index is 0.199. The van der Waals surface area contributed by atoms with Crippen molar-refractivity contribution in [2.45, 2.75) is 56.7 Å². The Morgan fingerprint density at radius 3 is 3.06 bits per heavy atom. The number of hydrogen-bond donors (Lipinski definition) is 1. The molecule has 0 bridgehead atoms. The molecule has 4 heteroatoms. The zero-order valence-corrected chi connectivity index (χ0v) is 9.98. The second-order valence-electron chi connectivity index (χ2n) is 5.36. The molecule has 1 saturated carbocycles. The van der Waals surface area contributed by atoms with E-state index in [1.54, 1.807) is 0 Å². The molecule has 2 N–H and O–H groups in total. The lowest BCUT2D eigenvalue weighted by atomic mass is 9.85. The van der Waals surface area contributed by atoms with Gasteiger partial charge in [0.05, 0.1) is 18.2 Å². The number of hydrogen-bond acceptors (Lipinski definition) is 4. The van der Waals surface area contributed by atoms with Gasteiger partial charge in [-0.15, -0.1) is 0 Å². The second-order valence-corrected chi connectivity index (χ2v) is 5.36. The van der Waals surface area contributed by atoms with Gasteiger partial charge in [0, 0.05) is 12.6 Å². The number of nitrogens with zero attached hydrogens (tertiary/aromatic N) is 2. The average Bonchev–Trinajstić information content (AvgIpc) is 3.07. The SMILES string of the molecule is CCC1CC2(CCO1)CN=C(N)N2C1CC1. The summed E-state index contributed by atoms with van der Waals surface area (Å²) in [4.78, 5) is 6.90. The van der Waals surface area contributed by atoms with Crippen molar-refractivity contribution in [2.75, 3.05) is 13.2 Å². The Labute approximate surface area is 96.8 Å². The van der Waals surface area contributed by atoms with Gasteiger partial charge in [0.15, 0.2) is 5.96 Å². The molecule has 0 amide bonds. The van der Waals surface area contributed by atoms with E-state index in [2.05, 4.69) is 16.8 Å². The highest BCUT2D eigenvalue weighted by Gasteiger charge is 2.50. The largest absolute Gasteiger partial charge is 0.378 e. The van der Waals surface area contributed by atoms with E-state index in [-0.39, 0.29) is 5.54 Å². The lowest BCUT2D eigenvalue weighted by Gasteiger charge is -2.44. The van der Waals surface area contributed by atoms with Gasteiger partial charge in [-0.1, -0.05) is 6.92 Å². The molecule has 3 aliphatic rings. The predicted molar refractivity (Wildman–Crippen MR) is 63.3 cm³/mol. The standard InChI is InChI=1S/C12H21N3O/c1-2-10-7-12(5-6-16-10)8-14-11(13)15(12)9-3-4-9/h9-10H,2-8H2,1H3,(H2,13,14). The molecule has 16 heavy (non-hydrogen) atoms. The van der Waals surface area contributed by atoms with E-state index in [1.165, 1.54) is 12.8 Å². The van der Waals surface area contributed by atoms with Crippen LogP contribution < -0.4 is 5.73 Å². The summed E-state index contributed by atoms with van der Waals surface area (Å²) in [6.07, 6.45) is 6.26. The molecule has 2 atom stereocenters. The summed E-state index contributed by atoms with van der Waals surface area (Å²) < 4.78 is 5.78. The van der Waals surface area contributed by atoms with Gasteiger partial charge >= 0.3 is 0 Å². The maximum Gasteiger partial charge on any atom is 0.192 e. The van der Waals surface area contributed by atoms with E-state index < -0.39 is 0 Å². The Kier molecular flexibility index (Phi) is 2.35. The van der Waals surface area contributed by atoms with E-state index in [4.69, 9.17) is 10.5 Å². The fraction of sp³-hybridized carbons (Fsp3) is 0.917. The third-order valence-corrected chi connectivity index (χ3v) is 4.19. The molecule has 1 saturated heterocycles. The molecule has 2 unspecified atom stereocenters. The van der Waals surface area contributed by atoms with E-state index in [0.29, 0.717) is 12.1 Å². The summed E-state index contributed by atoms with van der Waals surface area (Å²) in [6.45, 7) is 3.95. The molecular weight excluding hydrogens is 202 g/mol. The Hall–Kier alpha value is -0.770. The maximum absolute atomic E-state index is 6.05. The van der Waals surface area contributed by atoms with Crippen LogP contribution in [0.15, 0.2) is 4.99 Å². The van der Waals surface area contributed by atoms with Gasteiger partial charge in [0.1, 0.15) is 0 Å². The van der Waals surface area contributed by atoms with Crippen LogP contribution in [0.2, 0.25) is 0 Å². The highest BCUT2D eigenvalue weighted by atomic mass is 16.5. The lowest BCUT2D eigenvalue weighted by Crippen LogP contribution is -2.57. The summed E-state index contributed by atoms with van der Waals surface area (Å²) in [6, 6.07) is 0.668. The van der Waals surface area contributed by atoms with E-state index in [0.717, 1.165) is 38.4 Å². The van der Waals surface area contributed by atoms with Crippen LogP contribution in [0.5, 0.6) is 0 Å². The normalized spacial score (nSPS) is 39.2. The Bertz CT molecular complexity index is 313. The summed E-state index contributed by atoms with van der Waals surface area (Å²) >= 11 is 0. The van der Waals surface area contributed by atoms with Crippen LogP contribution in [0.25, 0.3) is 0 Å². The first kappa shape index (κ1) is 10.4. The molecule has 0 radical (unpaired) electrons. The van der Waals surface area contributed by atoms with Crippen molar-refractivity contribution >= 4 is 5.96 Å². The molecule has 4 nitrogen and oxygen atoms in total. The highest BCUT2D eigenvalue weighted by Crippen LogP contribution is 2.42. The van der Waals surface area contributed by atoms with Gasteiger partial charge in [-0.3, -0.25) is 4.99 Å². The number of aliphatic imine (C=N–C) groups is 1. The minimum Gasteiger partial charge on any atom is -0.378 e. The molecule has 2 aliphatic heterocycles. The van der Waals surface area contributed by atoms with Crippen molar-refractivity contribution in [1.82, 2.24) is 4.90 Å². The molecule has 2 fully saturated rings. The maximum atomic E-state index is 6.05. The van der Waals surface area contributed by atoms with Crippen LogP contribution >= 0.6 is 0 Å². The number of ether oxygens (including phenoxy) is 1. The van der Waals surface area contributed by atoms with Gasteiger partial charge < -0.3 is 15.4 Å². The molecule has 90 valence electrons. The smallest absolute Gasteiger partial charge is 0.192 e. The van der Waals surface area contributed by atoms with Crippen molar-refractivity contribution < 1.29 is 4.74 Å². The predicted octanol–water partition coefficient (Wildman–Crippen LogP) is 1.11. The number of nitrogens with two attached hydrogens (primary N) is 1. The summed E-state index contributed by atoms with van der Waals surface area (Å²) in [5.41, 5.74) is 6.25. The van der Waals surface area contributed by atoms with Crippen LogP contribution in [-0.2, 0) is 4.74 Å². The summed E-state index contributed by atoms with van der Waals surface area (Å²) in [7, 11) is 0. The fourth-order valence-corrected chi connectivity index (χ4v) is 3.16. The van der Waals surface area contributed by atoms with Gasteiger partial charge in [-0.2, -0.15) is 0 Å². The van der Waals surface area contributed by atoms with Crippen molar-refractivity contribution in [3.63, 3.8) is 0 Å². The first-order chi connectivity index (χ1) is 7.75. The third-order valence-electron chi connectivity index (χ3n) is 4.19. The quantitative estimate of drug-likeness (QED) is 0.763. The summed E-state index contributed by atoms with van der Waals surface area (Å²) in [5.74, 6) is 0.777. The molecule has 3 rings (SSSR count). The molecule has 0 aromatic carbocycles. The van der Waals surface area contributed by atoms with E-state index >= 15 is 0 Å². The zero-order valence-electron chi connectivity index (χ0n) is 9.98. The first-order valence-corrected chi connectivity index (χ1v) is 6.46. The van der Waals surface area contributed by atoms with E-state index in [1.807, 2.05) is 0 Å². The van der Waals surface area contributed by atoms with E-state index in [9.17, 15) is 0 Å². The monoisotopic (exact) mass is 223 g/mol. The van der Waals surface area contributed by atoms with Gasteiger partial charge in [-0.05, 0) is 32.1 Å². The number of guanidine groups is 1. The minimum absolute atomic E-state index is 0.199. The second kappa shape index (κ2) is 3.62. The fourth-order valence-electron chi connectivity index (χ4n) is 3.16. The third kappa shape index (κ3) is 1.51. The molecule has 1 aliphatic carbocycles. The van der Waals surface area contributed by atoms with Crippen molar-refractivity contribution in [3.8, 4) is 0 Å². The number of rotatable bonds is 2. The van der Waals surface area contributed by atoms with Gasteiger partial charge in [-0.25, -0.2) is 0 Å². The molecule has 0 aromatic heterocycles. The van der Waals surface area contributed by atoms with Crippen LogP contribution in [0.4, 0.5) is 0 Å². The van der Waals surface area contributed by atoms with Crippen LogP contribution in [-0.4, -0.2) is 41.7 Å². The van der Waals surface area contributed by atoms with Crippen LogP contribution in [0, 0.1) is 0 Å². The Morgan fingerprint density at radius 1 is 1.56 bits per heavy atom. The highest BCUT2D eigenvalue weighted by molar-refractivity contribution is 5.81. The van der Waals surface area contributed by atoms with Crippen molar-refractivity contribution in [2.24, 2.45) is 10.7 Å². The van der Waals surface area contributed by atoms with Crippen molar-refractivity contribution in [1.29, 1.82) is 0 Å². The first-order valence-electron chi connectivity index (χ1n) is 6.46. The Balaban J connectivity index is 1.81.